The topological polar surface area (TPSA) is 41.6 Å². The van der Waals surface area contributed by atoms with Crippen LogP contribution in [0.25, 0.3) is 0 Å². The molecule has 2 aromatic carbocycles. The van der Waals surface area contributed by atoms with E-state index in [0.717, 1.165) is 23.1 Å². The molecule has 26 heavy (non-hydrogen) atoms. The fourth-order valence-electron chi connectivity index (χ4n) is 2.99. The highest BCUT2D eigenvalue weighted by atomic mass is 79.9. The SMILES string of the molecule is O=C(NCC(c1ccc(F)cc1)N1CCOCC1)c1cc(Br)ccc1Cl. The van der Waals surface area contributed by atoms with Crippen LogP contribution in [0.3, 0.4) is 0 Å². The summed E-state index contributed by atoms with van der Waals surface area (Å²) >= 11 is 9.49. The van der Waals surface area contributed by atoms with Crippen molar-refractivity contribution >= 4 is 33.4 Å². The van der Waals surface area contributed by atoms with Crippen molar-refractivity contribution in [2.75, 3.05) is 32.8 Å². The standard InChI is InChI=1S/C19H19BrClFN2O2/c20-14-3-6-17(21)16(11-14)19(25)23-12-18(24-7-9-26-10-8-24)13-1-4-15(22)5-2-13/h1-6,11,18H,7-10,12H2,(H,23,25). The van der Waals surface area contributed by atoms with Crippen molar-refractivity contribution in [2.24, 2.45) is 0 Å². The molecule has 0 saturated carbocycles. The molecule has 2 aromatic rings. The van der Waals surface area contributed by atoms with Crippen molar-refractivity contribution in [1.29, 1.82) is 0 Å². The van der Waals surface area contributed by atoms with E-state index in [4.69, 9.17) is 16.3 Å². The normalized spacial score (nSPS) is 16.3. The molecule has 3 rings (SSSR count). The summed E-state index contributed by atoms with van der Waals surface area (Å²) in [5.41, 5.74) is 1.37. The number of ether oxygens (including phenoxy) is 1. The molecule has 0 bridgehead atoms. The molecule has 4 nitrogen and oxygen atoms in total. The van der Waals surface area contributed by atoms with Crippen molar-refractivity contribution in [3.63, 3.8) is 0 Å². The molecule has 7 heteroatoms. The monoisotopic (exact) mass is 440 g/mol. The number of morpholine rings is 1. The Morgan fingerprint density at radius 1 is 1.23 bits per heavy atom. The van der Waals surface area contributed by atoms with Gasteiger partial charge in [0.15, 0.2) is 0 Å². The number of carbonyl (C=O) groups is 1. The Morgan fingerprint density at radius 3 is 2.62 bits per heavy atom. The maximum atomic E-state index is 13.3. The average Bonchev–Trinajstić information content (AvgIpc) is 2.66. The first-order chi connectivity index (χ1) is 12.5. The predicted molar refractivity (Wildman–Crippen MR) is 103 cm³/mol. The summed E-state index contributed by atoms with van der Waals surface area (Å²) in [6.07, 6.45) is 0. The van der Waals surface area contributed by atoms with E-state index < -0.39 is 0 Å². The highest BCUT2D eigenvalue weighted by Crippen LogP contribution is 2.23. The van der Waals surface area contributed by atoms with Gasteiger partial charge in [-0.3, -0.25) is 9.69 Å². The molecule has 1 aliphatic heterocycles. The summed E-state index contributed by atoms with van der Waals surface area (Å²) in [6.45, 7) is 3.20. The van der Waals surface area contributed by atoms with Gasteiger partial charge in [0.1, 0.15) is 5.82 Å². The quantitative estimate of drug-likeness (QED) is 0.761. The summed E-state index contributed by atoms with van der Waals surface area (Å²) in [4.78, 5) is 14.8. The summed E-state index contributed by atoms with van der Waals surface area (Å²) in [7, 11) is 0. The number of carbonyl (C=O) groups excluding carboxylic acids is 1. The van der Waals surface area contributed by atoms with Crippen LogP contribution in [-0.2, 0) is 4.74 Å². The number of nitrogens with zero attached hydrogens (tertiary/aromatic N) is 1. The van der Waals surface area contributed by atoms with Crippen LogP contribution in [0.15, 0.2) is 46.9 Å². The first kappa shape index (κ1) is 19.3. The minimum Gasteiger partial charge on any atom is -0.379 e. The lowest BCUT2D eigenvalue weighted by Crippen LogP contribution is -2.43. The average molecular weight is 442 g/mol. The zero-order chi connectivity index (χ0) is 18.5. The summed E-state index contributed by atoms with van der Waals surface area (Å²) in [6, 6.07) is 11.5. The first-order valence-corrected chi connectivity index (χ1v) is 9.52. The van der Waals surface area contributed by atoms with Gasteiger partial charge in [-0.15, -0.1) is 0 Å². The van der Waals surface area contributed by atoms with Crippen LogP contribution in [0, 0.1) is 5.82 Å². The zero-order valence-corrected chi connectivity index (χ0v) is 16.4. The molecule has 1 N–H and O–H groups in total. The van der Waals surface area contributed by atoms with E-state index in [1.54, 1.807) is 30.3 Å². The Labute approximate surface area is 165 Å². The third-order valence-corrected chi connectivity index (χ3v) is 5.19. The van der Waals surface area contributed by atoms with E-state index in [-0.39, 0.29) is 17.8 Å². The molecule has 1 heterocycles. The minimum absolute atomic E-state index is 0.0608. The fraction of sp³-hybridized carbons (Fsp3) is 0.316. The Kier molecular flexibility index (Phi) is 6.64. The Balaban J connectivity index is 1.75. The first-order valence-electron chi connectivity index (χ1n) is 8.35. The maximum Gasteiger partial charge on any atom is 0.252 e. The molecule has 1 amide bonds. The third kappa shape index (κ3) is 4.82. The lowest BCUT2D eigenvalue weighted by atomic mass is 10.0. The molecule has 0 radical (unpaired) electrons. The van der Waals surface area contributed by atoms with Crippen LogP contribution in [0.4, 0.5) is 4.39 Å². The van der Waals surface area contributed by atoms with E-state index in [1.807, 2.05) is 0 Å². The van der Waals surface area contributed by atoms with E-state index in [2.05, 4.69) is 26.1 Å². The molecule has 1 atom stereocenters. The van der Waals surface area contributed by atoms with Gasteiger partial charge in [-0.2, -0.15) is 0 Å². The van der Waals surface area contributed by atoms with Crippen LogP contribution < -0.4 is 5.32 Å². The molecule has 0 spiro atoms. The van der Waals surface area contributed by atoms with Gasteiger partial charge >= 0.3 is 0 Å². The van der Waals surface area contributed by atoms with Crippen LogP contribution >= 0.6 is 27.5 Å². The number of hydrogen-bond acceptors (Lipinski definition) is 3. The molecule has 138 valence electrons. The van der Waals surface area contributed by atoms with Crippen LogP contribution in [0.2, 0.25) is 5.02 Å². The molecule has 0 aliphatic carbocycles. The molecule has 1 fully saturated rings. The fourth-order valence-corrected chi connectivity index (χ4v) is 3.55. The van der Waals surface area contributed by atoms with Crippen molar-refractivity contribution < 1.29 is 13.9 Å². The second-order valence-electron chi connectivity index (χ2n) is 6.05. The molecule has 1 saturated heterocycles. The number of benzene rings is 2. The zero-order valence-electron chi connectivity index (χ0n) is 14.1. The lowest BCUT2D eigenvalue weighted by molar-refractivity contribution is 0.0162. The van der Waals surface area contributed by atoms with Crippen molar-refractivity contribution in [3.8, 4) is 0 Å². The Bertz CT molecular complexity index is 767. The van der Waals surface area contributed by atoms with Gasteiger partial charge in [-0.1, -0.05) is 39.7 Å². The van der Waals surface area contributed by atoms with Gasteiger partial charge in [0.05, 0.1) is 29.8 Å². The van der Waals surface area contributed by atoms with E-state index in [9.17, 15) is 9.18 Å². The van der Waals surface area contributed by atoms with Crippen molar-refractivity contribution in [2.45, 2.75) is 6.04 Å². The highest BCUT2D eigenvalue weighted by Gasteiger charge is 2.24. The Hall–Kier alpha value is -1.47. The van der Waals surface area contributed by atoms with Crippen LogP contribution in [0.5, 0.6) is 0 Å². The minimum atomic E-state index is -0.278. The predicted octanol–water partition coefficient (Wildman–Crippen LogP) is 4.04. The second kappa shape index (κ2) is 8.95. The van der Waals surface area contributed by atoms with E-state index >= 15 is 0 Å². The van der Waals surface area contributed by atoms with Crippen molar-refractivity contribution in [1.82, 2.24) is 10.2 Å². The van der Waals surface area contributed by atoms with Gasteiger partial charge in [0, 0.05) is 24.1 Å². The molecular weight excluding hydrogens is 423 g/mol. The van der Waals surface area contributed by atoms with Crippen molar-refractivity contribution in [3.05, 3.63) is 68.9 Å². The number of amides is 1. The molecule has 1 aliphatic rings. The smallest absolute Gasteiger partial charge is 0.252 e. The van der Waals surface area contributed by atoms with E-state index in [1.165, 1.54) is 12.1 Å². The van der Waals surface area contributed by atoms with Gasteiger partial charge < -0.3 is 10.1 Å². The highest BCUT2D eigenvalue weighted by molar-refractivity contribution is 9.10. The number of hydrogen-bond donors (Lipinski definition) is 1. The molecule has 1 unspecified atom stereocenters. The molecule has 0 aromatic heterocycles. The Morgan fingerprint density at radius 2 is 1.92 bits per heavy atom. The van der Waals surface area contributed by atoms with Crippen LogP contribution in [-0.4, -0.2) is 43.7 Å². The maximum absolute atomic E-state index is 13.3. The van der Waals surface area contributed by atoms with Crippen LogP contribution in [0.1, 0.15) is 22.0 Å². The van der Waals surface area contributed by atoms with Gasteiger partial charge in [0.2, 0.25) is 0 Å². The van der Waals surface area contributed by atoms with E-state index in [0.29, 0.717) is 30.3 Å². The summed E-state index contributed by atoms with van der Waals surface area (Å²) in [5.74, 6) is -0.517. The third-order valence-electron chi connectivity index (χ3n) is 4.37. The largest absolute Gasteiger partial charge is 0.379 e. The molecular formula is C19H19BrClFN2O2. The number of nitrogens with one attached hydrogen (secondary N) is 1. The lowest BCUT2D eigenvalue weighted by Gasteiger charge is -2.35. The summed E-state index contributed by atoms with van der Waals surface area (Å²) in [5, 5.41) is 3.36. The summed E-state index contributed by atoms with van der Waals surface area (Å²) < 4.78 is 19.5. The van der Waals surface area contributed by atoms with Gasteiger partial charge in [-0.05, 0) is 35.9 Å². The van der Waals surface area contributed by atoms with Gasteiger partial charge in [0.25, 0.3) is 5.91 Å². The number of halogens is 3. The van der Waals surface area contributed by atoms with Gasteiger partial charge in [-0.25, -0.2) is 4.39 Å². The second-order valence-corrected chi connectivity index (χ2v) is 7.37. The number of rotatable bonds is 5.